The zero-order valence-electron chi connectivity index (χ0n) is 16.9. The molecule has 0 unspecified atom stereocenters. The molecule has 0 fully saturated rings. The summed E-state index contributed by atoms with van der Waals surface area (Å²) in [5.41, 5.74) is 0.665. The van der Waals surface area contributed by atoms with Crippen molar-refractivity contribution in [3.05, 3.63) is 92.6 Å². The summed E-state index contributed by atoms with van der Waals surface area (Å²) in [5, 5.41) is 7.56. The second kappa shape index (κ2) is 9.06. The fourth-order valence-corrected chi connectivity index (χ4v) is 3.75. The third kappa shape index (κ3) is 4.70. The maximum atomic E-state index is 13.3. The molecule has 0 atom stereocenters. The number of rotatable bonds is 6. The van der Waals surface area contributed by atoms with Gasteiger partial charge in [-0.05, 0) is 42.8 Å². The standard InChI is InChI=1S/C22H17FN4O4S/c1-2-18-26-27-19(28)11-17(25-22(27)32-18)12-31-21(30)14-6-4-8-16(10-14)24-20(29)13-5-3-7-15(23)9-13/h3-11H,2,12H2,1H3,(H,24,29). The number of nitrogens with one attached hydrogen (secondary N) is 1. The van der Waals surface area contributed by atoms with E-state index in [1.165, 1.54) is 52.3 Å². The number of hydrogen-bond acceptors (Lipinski definition) is 7. The van der Waals surface area contributed by atoms with Crippen LogP contribution in [0.4, 0.5) is 10.1 Å². The van der Waals surface area contributed by atoms with Gasteiger partial charge in [-0.1, -0.05) is 30.4 Å². The van der Waals surface area contributed by atoms with Crippen LogP contribution >= 0.6 is 11.3 Å². The Morgan fingerprint density at radius 1 is 1.12 bits per heavy atom. The number of halogens is 1. The van der Waals surface area contributed by atoms with Crippen LogP contribution in [-0.2, 0) is 17.8 Å². The van der Waals surface area contributed by atoms with E-state index in [9.17, 15) is 18.8 Å². The van der Waals surface area contributed by atoms with Crippen molar-refractivity contribution < 1.29 is 18.7 Å². The van der Waals surface area contributed by atoms with Crippen molar-refractivity contribution in [2.75, 3.05) is 5.32 Å². The van der Waals surface area contributed by atoms with Crippen molar-refractivity contribution in [3.8, 4) is 0 Å². The molecule has 32 heavy (non-hydrogen) atoms. The van der Waals surface area contributed by atoms with Crippen molar-refractivity contribution in [2.45, 2.75) is 20.0 Å². The minimum absolute atomic E-state index is 0.153. The lowest BCUT2D eigenvalue weighted by molar-refractivity contribution is 0.0467. The normalized spacial score (nSPS) is 10.8. The molecule has 0 radical (unpaired) electrons. The number of amides is 1. The van der Waals surface area contributed by atoms with Gasteiger partial charge >= 0.3 is 5.97 Å². The fraction of sp³-hybridized carbons (Fsp3) is 0.136. The van der Waals surface area contributed by atoms with Gasteiger partial charge in [0.2, 0.25) is 4.96 Å². The molecule has 0 saturated heterocycles. The molecule has 1 amide bonds. The average Bonchev–Trinajstić information content (AvgIpc) is 3.21. The summed E-state index contributed by atoms with van der Waals surface area (Å²) in [5.74, 6) is -1.68. The summed E-state index contributed by atoms with van der Waals surface area (Å²) in [6.45, 7) is 1.74. The van der Waals surface area contributed by atoms with E-state index < -0.39 is 17.7 Å². The Bertz CT molecular complexity index is 1380. The van der Waals surface area contributed by atoms with Crippen molar-refractivity contribution in [1.29, 1.82) is 0 Å². The van der Waals surface area contributed by atoms with E-state index in [0.29, 0.717) is 22.8 Å². The molecule has 2 aromatic heterocycles. The molecule has 0 aliphatic rings. The van der Waals surface area contributed by atoms with Gasteiger partial charge in [-0.25, -0.2) is 14.2 Å². The van der Waals surface area contributed by atoms with Crippen molar-refractivity contribution in [1.82, 2.24) is 14.6 Å². The first-order chi connectivity index (χ1) is 15.4. The maximum absolute atomic E-state index is 13.3. The Kier molecular flexibility index (Phi) is 6.04. The fourth-order valence-electron chi connectivity index (χ4n) is 2.89. The molecule has 162 valence electrons. The van der Waals surface area contributed by atoms with Gasteiger partial charge in [0.05, 0.1) is 11.3 Å². The molecule has 4 rings (SSSR count). The minimum Gasteiger partial charge on any atom is -0.456 e. The van der Waals surface area contributed by atoms with E-state index in [4.69, 9.17) is 4.74 Å². The Morgan fingerprint density at radius 3 is 2.69 bits per heavy atom. The Hall–Kier alpha value is -3.92. The van der Waals surface area contributed by atoms with Gasteiger partial charge < -0.3 is 10.1 Å². The van der Waals surface area contributed by atoms with Gasteiger partial charge in [-0.2, -0.15) is 9.61 Å². The summed E-state index contributed by atoms with van der Waals surface area (Å²) in [6, 6.07) is 12.7. The van der Waals surface area contributed by atoms with Gasteiger partial charge in [0.15, 0.2) is 0 Å². The van der Waals surface area contributed by atoms with Crippen LogP contribution in [0.1, 0.15) is 38.3 Å². The maximum Gasteiger partial charge on any atom is 0.338 e. The van der Waals surface area contributed by atoms with E-state index >= 15 is 0 Å². The van der Waals surface area contributed by atoms with Gasteiger partial charge in [0, 0.05) is 17.3 Å². The van der Waals surface area contributed by atoms with Gasteiger partial charge in [-0.3, -0.25) is 9.59 Å². The van der Waals surface area contributed by atoms with Crippen LogP contribution in [0.15, 0.2) is 59.4 Å². The van der Waals surface area contributed by atoms with E-state index in [2.05, 4.69) is 15.4 Å². The van der Waals surface area contributed by atoms with E-state index in [1.807, 2.05) is 6.92 Å². The lowest BCUT2D eigenvalue weighted by Gasteiger charge is -2.08. The number of esters is 1. The largest absolute Gasteiger partial charge is 0.456 e. The minimum atomic E-state index is -0.646. The monoisotopic (exact) mass is 452 g/mol. The second-order valence-corrected chi connectivity index (χ2v) is 7.79. The van der Waals surface area contributed by atoms with Crippen LogP contribution in [0.5, 0.6) is 0 Å². The molecule has 10 heteroatoms. The summed E-state index contributed by atoms with van der Waals surface area (Å²) in [7, 11) is 0. The molecule has 0 spiro atoms. The SMILES string of the molecule is CCc1nn2c(=O)cc(COC(=O)c3cccc(NC(=O)c4cccc(F)c4)c3)nc2s1. The highest BCUT2D eigenvalue weighted by molar-refractivity contribution is 7.16. The lowest BCUT2D eigenvalue weighted by atomic mass is 10.1. The van der Waals surface area contributed by atoms with Crippen LogP contribution in [-0.4, -0.2) is 26.5 Å². The molecular weight excluding hydrogens is 435 g/mol. The number of aromatic nitrogens is 3. The smallest absolute Gasteiger partial charge is 0.338 e. The number of carbonyl (C=O) groups is 2. The zero-order valence-corrected chi connectivity index (χ0v) is 17.7. The van der Waals surface area contributed by atoms with Crippen LogP contribution in [0.2, 0.25) is 0 Å². The molecule has 0 aliphatic carbocycles. The molecule has 0 aliphatic heterocycles. The van der Waals surface area contributed by atoms with Gasteiger partial charge in [-0.15, -0.1) is 0 Å². The predicted octanol–water partition coefficient (Wildman–Crippen LogP) is 3.46. The Labute approximate surface area is 185 Å². The number of fused-ring (bicyclic) bond motifs is 1. The topological polar surface area (TPSA) is 103 Å². The second-order valence-electron chi connectivity index (χ2n) is 6.75. The predicted molar refractivity (Wildman–Crippen MR) is 116 cm³/mol. The Balaban J connectivity index is 1.44. The number of aryl methyl sites for hydroxylation is 1. The first kappa shape index (κ1) is 21.3. The third-order valence-electron chi connectivity index (χ3n) is 4.44. The highest BCUT2D eigenvalue weighted by Gasteiger charge is 2.13. The van der Waals surface area contributed by atoms with Crippen LogP contribution < -0.4 is 10.9 Å². The van der Waals surface area contributed by atoms with E-state index in [1.54, 1.807) is 12.1 Å². The number of anilines is 1. The first-order valence-electron chi connectivity index (χ1n) is 9.65. The quantitative estimate of drug-likeness (QED) is 0.450. The highest BCUT2D eigenvalue weighted by atomic mass is 32.1. The number of hydrogen-bond donors (Lipinski definition) is 1. The van der Waals surface area contributed by atoms with Crippen LogP contribution in [0, 0.1) is 5.82 Å². The number of carbonyl (C=O) groups excluding carboxylic acids is 2. The summed E-state index contributed by atoms with van der Waals surface area (Å²) >= 11 is 1.30. The molecular formula is C22H17FN4O4S. The van der Waals surface area contributed by atoms with Gasteiger partial charge in [0.25, 0.3) is 11.5 Å². The summed E-state index contributed by atoms with van der Waals surface area (Å²) < 4.78 is 19.8. The van der Waals surface area contributed by atoms with Crippen molar-refractivity contribution in [3.63, 3.8) is 0 Å². The Morgan fingerprint density at radius 2 is 1.91 bits per heavy atom. The number of ether oxygens (including phenoxy) is 1. The average molecular weight is 452 g/mol. The third-order valence-corrected chi connectivity index (χ3v) is 5.49. The zero-order chi connectivity index (χ0) is 22.7. The van der Waals surface area contributed by atoms with E-state index in [0.717, 1.165) is 11.1 Å². The molecule has 4 aromatic rings. The summed E-state index contributed by atoms with van der Waals surface area (Å²) in [4.78, 5) is 41.7. The molecule has 8 nitrogen and oxygen atoms in total. The van der Waals surface area contributed by atoms with Crippen molar-refractivity contribution in [2.24, 2.45) is 0 Å². The molecule has 0 saturated carbocycles. The molecule has 1 N–H and O–H groups in total. The lowest BCUT2D eigenvalue weighted by Crippen LogP contribution is -2.17. The number of nitrogens with zero attached hydrogens (tertiary/aromatic N) is 3. The van der Waals surface area contributed by atoms with Crippen LogP contribution in [0.25, 0.3) is 4.96 Å². The van der Waals surface area contributed by atoms with Crippen molar-refractivity contribution >= 4 is 33.9 Å². The van der Waals surface area contributed by atoms with Gasteiger partial charge in [0.1, 0.15) is 17.4 Å². The summed E-state index contributed by atoms with van der Waals surface area (Å²) in [6.07, 6.45) is 0.684. The molecule has 0 bridgehead atoms. The van der Waals surface area contributed by atoms with Crippen LogP contribution in [0.3, 0.4) is 0 Å². The number of benzene rings is 2. The first-order valence-corrected chi connectivity index (χ1v) is 10.5. The molecule has 2 heterocycles. The highest BCUT2D eigenvalue weighted by Crippen LogP contribution is 2.15. The van der Waals surface area contributed by atoms with E-state index in [-0.39, 0.29) is 23.3 Å². The molecule has 2 aromatic carbocycles.